The number of nitrogens with one attached hydrogen (secondary N) is 1. The van der Waals surface area contributed by atoms with Gasteiger partial charge in [-0.05, 0) is 36.8 Å². The van der Waals surface area contributed by atoms with E-state index in [-0.39, 0.29) is 0 Å². The molecule has 1 aromatic carbocycles. The summed E-state index contributed by atoms with van der Waals surface area (Å²) in [6.07, 6.45) is 6.89. The van der Waals surface area contributed by atoms with E-state index in [1.807, 2.05) is 12.3 Å². The van der Waals surface area contributed by atoms with Crippen molar-refractivity contribution < 1.29 is 0 Å². The quantitative estimate of drug-likeness (QED) is 0.880. The van der Waals surface area contributed by atoms with Crippen molar-refractivity contribution in [2.75, 3.05) is 11.9 Å². The van der Waals surface area contributed by atoms with E-state index in [4.69, 9.17) is 0 Å². The number of rotatable bonds is 5. The van der Waals surface area contributed by atoms with Crippen molar-refractivity contribution in [1.29, 1.82) is 0 Å². The third-order valence-electron chi connectivity index (χ3n) is 3.97. The van der Waals surface area contributed by atoms with Crippen LogP contribution < -0.4 is 5.32 Å². The monoisotopic (exact) mass is 267 g/mol. The van der Waals surface area contributed by atoms with Gasteiger partial charge in [-0.1, -0.05) is 37.6 Å². The molecule has 20 heavy (non-hydrogen) atoms. The smallest absolute Gasteiger partial charge is 0.223 e. The molecule has 1 N–H and O–H groups in total. The van der Waals surface area contributed by atoms with E-state index < -0.39 is 0 Å². The Morgan fingerprint density at radius 2 is 2.05 bits per heavy atom. The molecular formula is C17H21N3. The minimum atomic E-state index is 0.716. The third kappa shape index (κ3) is 2.67. The maximum Gasteiger partial charge on any atom is 0.223 e. The van der Waals surface area contributed by atoms with E-state index in [1.165, 1.54) is 30.4 Å². The first-order valence-electron chi connectivity index (χ1n) is 7.54. The molecule has 0 bridgehead atoms. The van der Waals surface area contributed by atoms with Gasteiger partial charge in [0, 0.05) is 18.3 Å². The highest BCUT2D eigenvalue weighted by Crippen LogP contribution is 2.40. The molecule has 1 aliphatic carbocycles. The lowest BCUT2D eigenvalue weighted by Gasteiger charge is -2.27. The summed E-state index contributed by atoms with van der Waals surface area (Å²) in [6, 6.07) is 10.7. The summed E-state index contributed by atoms with van der Waals surface area (Å²) in [6.45, 7) is 3.05. The largest absolute Gasteiger partial charge is 0.354 e. The predicted octanol–water partition coefficient (Wildman–Crippen LogP) is 4.23. The van der Waals surface area contributed by atoms with Crippen molar-refractivity contribution in [2.45, 2.75) is 38.5 Å². The summed E-state index contributed by atoms with van der Waals surface area (Å²) in [5, 5.41) is 3.26. The van der Waals surface area contributed by atoms with Crippen LogP contribution >= 0.6 is 0 Å². The fourth-order valence-corrected chi connectivity index (χ4v) is 2.64. The number of hydrogen-bond donors (Lipinski definition) is 1. The summed E-state index contributed by atoms with van der Waals surface area (Å²) in [5.74, 6) is 1.45. The van der Waals surface area contributed by atoms with E-state index >= 15 is 0 Å². The Kier molecular flexibility index (Phi) is 3.95. The first-order valence-corrected chi connectivity index (χ1v) is 7.54. The molecule has 1 fully saturated rings. The van der Waals surface area contributed by atoms with Gasteiger partial charge >= 0.3 is 0 Å². The average Bonchev–Trinajstić information content (AvgIpc) is 2.44. The fourth-order valence-electron chi connectivity index (χ4n) is 2.64. The Labute approximate surface area is 120 Å². The van der Waals surface area contributed by atoms with Crippen molar-refractivity contribution in [3.63, 3.8) is 0 Å². The van der Waals surface area contributed by atoms with Gasteiger partial charge in [0.15, 0.2) is 0 Å². The summed E-state index contributed by atoms with van der Waals surface area (Å²) < 4.78 is 0. The minimum Gasteiger partial charge on any atom is -0.354 e. The topological polar surface area (TPSA) is 37.8 Å². The van der Waals surface area contributed by atoms with E-state index in [0.717, 1.165) is 24.6 Å². The van der Waals surface area contributed by atoms with Gasteiger partial charge in [-0.25, -0.2) is 9.97 Å². The highest BCUT2D eigenvalue weighted by molar-refractivity contribution is 5.65. The van der Waals surface area contributed by atoms with E-state index in [1.54, 1.807) is 0 Å². The molecule has 1 saturated carbocycles. The molecule has 0 aliphatic heterocycles. The molecule has 0 atom stereocenters. The van der Waals surface area contributed by atoms with Gasteiger partial charge in [0.2, 0.25) is 5.95 Å². The lowest BCUT2D eigenvalue weighted by atomic mass is 9.78. The molecule has 1 heterocycles. The number of anilines is 1. The Balaban J connectivity index is 1.92. The van der Waals surface area contributed by atoms with E-state index in [0.29, 0.717) is 5.92 Å². The SMILES string of the molecule is CCCNc1nccc(-c2ccccc2C2CCC2)n1. The molecule has 2 aromatic rings. The maximum atomic E-state index is 4.66. The van der Waals surface area contributed by atoms with E-state index in [9.17, 15) is 0 Å². The van der Waals surface area contributed by atoms with Gasteiger partial charge < -0.3 is 5.32 Å². The van der Waals surface area contributed by atoms with Crippen LogP contribution in [0, 0.1) is 0 Å². The van der Waals surface area contributed by atoms with Gasteiger partial charge in [-0.2, -0.15) is 0 Å². The maximum absolute atomic E-state index is 4.66. The van der Waals surface area contributed by atoms with Gasteiger partial charge in [0.1, 0.15) is 0 Å². The van der Waals surface area contributed by atoms with Crippen LogP contribution in [-0.4, -0.2) is 16.5 Å². The summed E-state index contributed by atoms with van der Waals surface area (Å²) in [7, 11) is 0. The summed E-state index contributed by atoms with van der Waals surface area (Å²) in [5.41, 5.74) is 3.74. The molecule has 1 aromatic heterocycles. The summed E-state index contributed by atoms with van der Waals surface area (Å²) in [4.78, 5) is 8.95. The Morgan fingerprint density at radius 3 is 2.80 bits per heavy atom. The van der Waals surface area contributed by atoms with Crippen molar-refractivity contribution in [3.8, 4) is 11.3 Å². The fraction of sp³-hybridized carbons (Fsp3) is 0.412. The van der Waals surface area contributed by atoms with Crippen LogP contribution in [0.2, 0.25) is 0 Å². The first kappa shape index (κ1) is 13.1. The van der Waals surface area contributed by atoms with Crippen molar-refractivity contribution in [3.05, 3.63) is 42.1 Å². The molecule has 104 valence electrons. The highest BCUT2D eigenvalue weighted by Gasteiger charge is 2.22. The van der Waals surface area contributed by atoms with Crippen LogP contribution in [0.15, 0.2) is 36.5 Å². The Hall–Kier alpha value is -1.90. The normalized spacial score (nSPS) is 14.8. The lowest BCUT2D eigenvalue weighted by Crippen LogP contribution is -2.10. The zero-order valence-corrected chi connectivity index (χ0v) is 12.0. The van der Waals surface area contributed by atoms with Gasteiger partial charge in [-0.3, -0.25) is 0 Å². The molecule has 0 amide bonds. The summed E-state index contributed by atoms with van der Waals surface area (Å²) >= 11 is 0. The number of benzene rings is 1. The van der Waals surface area contributed by atoms with Gasteiger partial charge in [-0.15, -0.1) is 0 Å². The average molecular weight is 267 g/mol. The second-order valence-corrected chi connectivity index (χ2v) is 5.41. The zero-order chi connectivity index (χ0) is 13.8. The van der Waals surface area contributed by atoms with Crippen LogP contribution in [-0.2, 0) is 0 Å². The Bertz CT molecular complexity index is 576. The number of hydrogen-bond acceptors (Lipinski definition) is 3. The van der Waals surface area contributed by atoms with Crippen LogP contribution in [0.5, 0.6) is 0 Å². The first-order chi connectivity index (χ1) is 9.88. The van der Waals surface area contributed by atoms with Crippen molar-refractivity contribution in [1.82, 2.24) is 9.97 Å². The standard InChI is InChI=1S/C17H21N3/c1-2-11-18-17-19-12-10-16(20-17)15-9-4-3-8-14(15)13-6-5-7-13/h3-4,8-10,12-13H,2,5-7,11H2,1H3,(H,18,19,20). The molecule has 0 radical (unpaired) electrons. The second-order valence-electron chi connectivity index (χ2n) is 5.41. The van der Waals surface area contributed by atoms with Crippen LogP contribution in [0.1, 0.15) is 44.1 Å². The Morgan fingerprint density at radius 1 is 1.20 bits per heavy atom. The molecule has 3 rings (SSSR count). The van der Waals surface area contributed by atoms with Crippen LogP contribution in [0.3, 0.4) is 0 Å². The lowest BCUT2D eigenvalue weighted by molar-refractivity contribution is 0.420. The minimum absolute atomic E-state index is 0.716. The predicted molar refractivity (Wildman–Crippen MR) is 82.8 cm³/mol. The third-order valence-corrected chi connectivity index (χ3v) is 3.97. The molecule has 3 nitrogen and oxygen atoms in total. The van der Waals surface area contributed by atoms with Crippen molar-refractivity contribution >= 4 is 5.95 Å². The molecular weight excluding hydrogens is 246 g/mol. The van der Waals surface area contributed by atoms with Crippen LogP contribution in [0.4, 0.5) is 5.95 Å². The molecule has 1 aliphatic rings. The number of nitrogens with zero attached hydrogens (tertiary/aromatic N) is 2. The molecule has 3 heteroatoms. The highest BCUT2D eigenvalue weighted by atomic mass is 15.1. The van der Waals surface area contributed by atoms with Crippen molar-refractivity contribution in [2.24, 2.45) is 0 Å². The van der Waals surface area contributed by atoms with Gasteiger partial charge in [0.05, 0.1) is 5.69 Å². The molecule has 0 saturated heterocycles. The van der Waals surface area contributed by atoms with E-state index in [2.05, 4.69) is 46.5 Å². The second kappa shape index (κ2) is 6.04. The molecule has 0 spiro atoms. The number of aromatic nitrogens is 2. The zero-order valence-electron chi connectivity index (χ0n) is 12.0. The van der Waals surface area contributed by atoms with Crippen LogP contribution in [0.25, 0.3) is 11.3 Å². The molecule has 0 unspecified atom stereocenters. The van der Waals surface area contributed by atoms with Gasteiger partial charge in [0.25, 0.3) is 0 Å².